The smallest absolute Gasteiger partial charge is 0.0917 e. The number of hydrogen-bond donors (Lipinski definition) is 2. The lowest BCUT2D eigenvalue weighted by atomic mass is 9.98. The summed E-state index contributed by atoms with van der Waals surface area (Å²) in [6.45, 7) is 4.24. The van der Waals surface area contributed by atoms with E-state index in [1.54, 1.807) is 0 Å². The van der Waals surface area contributed by atoms with Gasteiger partial charge in [0, 0.05) is 19.1 Å². The summed E-state index contributed by atoms with van der Waals surface area (Å²) in [5, 5.41) is 13.9. The third-order valence-corrected chi connectivity index (χ3v) is 4.55. The zero-order valence-electron chi connectivity index (χ0n) is 12.2. The molecule has 1 saturated carbocycles. The summed E-state index contributed by atoms with van der Waals surface area (Å²) in [6, 6.07) is 10.8. The van der Waals surface area contributed by atoms with E-state index in [0.717, 1.165) is 37.2 Å². The molecule has 3 heteroatoms. The van der Waals surface area contributed by atoms with Gasteiger partial charge in [0.25, 0.3) is 0 Å². The quantitative estimate of drug-likeness (QED) is 0.834. The molecule has 2 unspecified atom stereocenters. The normalized spacial score (nSPS) is 24.8. The second kappa shape index (κ2) is 6.70. The van der Waals surface area contributed by atoms with Gasteiger partial charge in [0.1, 0.15) is 0 Å². The Hall–Kier alpha value is -0.900. The number of nitrogens with zero attached hydrogens (tertiary/aromatic N) is 1. The second-order valence-corrected chi connectivity index (χ2v) is 6.32. The van der Waals surface area contributed by atoms with Crippen molar-refractivity contribution in [2.24, 2.45) is 5.92 Å². The van der Waals surface area contributed by atoms with E-state index in [9.17, 15) is 5.11 Å². The Bertz CT molecular complexity index is 399. The van der Waals surface area contributed by atoms with Gasteiger partial charge in [0.2, 0.25) is 0 Å². The third-order valence-electron chi connectivity index (χ3n) is 4.55. The molecule has 20 heavy (non-hydrogen) atoms. The van der Waals surface area contributed by atoms with E-state index in [1.165, 1.54) is 32.2 Å². The molecule has 3 nitrogen and oxygen atoms in total. The second-order valence-electron chi connectivity index (χ2n) is 6.32. The maximum atomic E-state index is 10.4. The summed E-state index contributed by atoms with van der Waals surface area (Å²) in [6.07, 6.45) is 4.89. The van der Waals surface area contributed by atoms with Crippen LogP contribution in [0.15, 0.2) is 30.3 Å². The van der Waals surface area contributed by atoms with Gasteiger partial charge >= 0.3 is 0 Å². The average Bonchev–Trinajstić information content (AvgIpc) is 3.33. The number of benzene rings is 1. The van der Waals surface area contributed by atoms with Crippen LogP contribution < -0.4 is 5.32 Å². The minimum absolute atomic E-state index is 0.353. The van der Waals surface area contributed by atoms with Crippen LogP contribution >= 0.6 is 0 Å². The molecule has 1 aliphatic carbocycles. The number of nitrogens with one attached hydrogen (secondary N) is 1. The fourth-order valence-electron chi connectivity index (χ4n) is 3.23. The molecular formula is C17H26N2O. The van der Waals surface area contributed by atoms with Gasteiger partial charge in [-0.3, -0.25) is 4.90 Å². The molecule has 0 bridgehead atoms. The van der Waals surface area contributed by atoms with Crippen LogP contribution in [0.5, 0.6) is 0 Å². The van der Waals surface area contributed by atoms with E-state index < -0.39 is 0 Å². The molecule has 3 rings (SSSR count). The summed E-state index contributed by atoms with van der Waals surface area (Å²) in [5.41, 5.74) is 1.04. The van der Waals surface area contributed by atoms with Gasteiger partial charge in [-0.25, -0.2) is 0 Å². The highest BCUT2D eigenvalue weighted by atomic mass is 16.3. The molecule has 1 saturated heterocycles. The summed E-state index contributed by atoms with van der Waals surface area (Å²) in [4.78, 5) is 2.52. The van der Waals surface area contributed by atoms with E-state index in [1.807, 2.05) is 30.3 Å². The van der Waals surface area contributed by atoms with E-state index in [0.29, 0.717) is 0 Å². The minimum Gasteiger partial charge on any atom is -0.387 e. The molecule has 0 radical (unpaired) electrons. The van der Waals surface area contributed by atoms with Crippen molar-refractivity contribution in [1.82, 2.24) is 10.2 Å². The van der Waals surface area contributed by atoms with Crippen molar-refractivity contribution in [3.8, 4) is 0 Å². The third kappa shape index (κ3) is 3.81. The number of aliphatic hydroxyl groups is 1. The maximum absolute atomic E-state index is 10.4. The Morgan fingerprint density at radius 1 is 1.20 bits per heavy atom. The first-order valence-corrected chi connectivity index (χ1v) is 8.00. The number of aliphatic hydroxyl groups excluding tert-OH is 1. The molecule has 1 heterocycles. The highest BCUT2D eigenvalue weighted by Gasteiger charge is 2.32. The van der Waals surface area contributed by atoms with Gasteiger partial charge in [-0.1, -0.05) is 30.3 Å². The first-order valence-electron chi connectivity index (χ1n) is 8.00. The zero-order valence-corrected chi connectivity index (χ0v) is 12.2. The highest BCUT2D eigenvalue weighted by molar-refractivity contribution is 5.17. The SMILES string of the molecule is OC(CN(CC1CCCNC1)C1CC1)c1ccccc1. The zero-order chi connectivity index (χ0) is 13.8. The Morgan fingerprint density at radius 3 is 2.65 bits per heavy atom. The molecule has 2 N–H and O–H groups in total. The Balaban J connectivity index is 1.56. The average molecular weight is 274 g/mol. The predicted octanol–water partition coefficient (Wildman–Crippen LogP) is 2.18. The first-order chi connectivity index (χ1) is 9.83. The van der Waals surface area contributed by atoms with Crippen molar-refractivity contribution in [2.75, 3.05) is 26.2 Å². The molecule has 1 aromatic rings. The molecule has 1 aromatic carbocycles. The van der Waals surface area contributed by atoms with Crippen LogP contribution in [0.3, 0.4) is 0 Å². The van der Waals surface area contributed by atoms with Crippen LogP contribution in [0, 0.1) is 5.92 Å². The van der Waals surface area contributed by atoms with Crippen molar-refractivity contribution in [3.05, 3.63) is 35.9 Å². The minimum atomic E-state index is -0.353. The van der Waals surface area contributed by atoms with Crippen molar-refractivity contribution >= 4 is 0 Å². The van der Waals surface area contributed by atoms with Crippen LogP contribution in [0.4, 0.5) is 0 Å². The Labute approximate surface area is 122 Å². The maximum Gasteiger partial charge on any atom is 0.0917 e. The standard InChI is InChI=1S/C17H26N2O/c20-17(15-6-2-1-3-7-15)13-19(16-8-9-16)12-14-5-4-10-18-11-14/h1-3,6-7,14,16-18,20H,4-5,8-13H2. The first kappa shape index (κ1) is 14.1. The molecule has 2 fully saturated rings. The fraction of sp³-hybridized carbons (Fsp3) is 0.647. The van der Waals surface area contributed by atoms with Crippen molar-refractivity contribution in [1.29, 1.82) is 0 Å². The van der Waals surface area contributed by atoms with Crippen LogP contribution in [0.25, 0.3) is 0 Å². The van der Waals surface area contributed by atoms with Gasteiger partial charge in [0.15, 0.2) is 0 Å². The van der Waals surface area contributed by atoms with Crippen LogP contribution in [-0.2, 0) is 0 Å². The van der Waals surface area contributed by atoms with Gasteiger partial charge in [-0.05, 0) is 50.3 Å². The Morgan fingerprint density at radius 2 is 2.00 bits per heavy atom. The van der Waals surface area contributed by atoms with E-state index >= 15 is 0 Å². The summed E-state index contributed by atoms with van der Waals surface area (Å²) >= 11 is 0. The summed E-state index contributed by atoms with van der Waals surface area (Å²) < 4.78 is 0. The topological polar surface area (TPSA) is 35.5 Å². The lowest BCUT2D eigenvalue weighted by Gasteiger charge is -2.31. The largest absolute Gasteiger partial charge is 0.387 e. The van der Waals surface area contributed by atoms with Gasteiger partial charge in [-0.2, -0.15) is 0 Å². The predicted molar refractivity (Wildman–Crippen MR) is 81.6 cm³/mol. The van der Waals surface area contributed by atoms with Crippen LogP contribution in [-0.4, -0.2) is 42.2 Å². The van der Waals surface area contributed by atoms with E-state index in [-0.39, 0.29) is 6.10 Å². The van der Waals surface area contributed by atoms with Crippen molar-refractivity contribution in [3.63, 3.8) is 0 Å². The fourth-order valence-corrected chi connectivity index (χ4v) is 3.23. The lowest BCUT2D eigenvalue weighted by molar-refractivity contribution is 0.0942. The molecule has 2 atom stereocenters. The van der Waals surface area contributed by atoms with E-state index in [4.69, 9.17) is 0 Å². The molecule has 0 amide bonds. The lowest BCUT2D eigenvalue weighted by Crippen LogP contribution is -2.40. The van der Waals surface area contributed by atoms with Crippen LogP contribution in [0.1, 0.15) is 37.4 Å². The van der Waals surface area contributed by atoms with Crippen molar-refractivity contribution in [2.45, 2.75) is 37.8 Å². The van der Waals surface area contributed by atoms with E-state index in [2.05, 4.69) is 10.2 Å². The van der Waals surface area contributed by atoms with Gasteiger partial charge in [-0.15, -0.1) is 0 Å². The Kier molecular flexibility index (Phi) is 4.71. The molecule has 2 aliphatic rings. The molecule has 0 aromatic heterocycles. The van der Waals surface area contributed by atoms with Crippen molar-refractivity contribution < 1.29 is 5.11 Å². The molecule has 110 valence electrons. The summed E-state index contributed by atoms with van der Waals surface area (Å²) in [7, 11) is 0. The van der Waals surface area contributed by atoms with Gasteiger partial charge < -0.3 is 10.4 Å². The molecular weight excluding hydrogens is 248 g/mol. The highest BCUT2D eigenvalue weighted by Crippen LogP contribution is 2.30. The molecule has 0 spiro atoms. The monoisotopic (exact) mass is 274 g/mol. The summed E-state index contributed by atoms with van der Waals surface area (Å²) in [5.74, 6) is 0.757. The number of piperidine rings is 1. The molecule has 1 aliphatic heterocycles. The van der Waals surface area contributed by atoms with Crippen LogP contribution in [0.2, 0.25) is 0 Å². The number of hydrogen-bond acceptors (Lipinski definition) is 3. The number of rotatable bonds is 6. The van der Waals surface area contributed by atoms with Gasteiger partial charge in [0.05, 0.1) is 6.10 Å².